The molecule has 2 N–H and O–H groups in total. The van der Waals surface area contributed by atoms with Gasteiger partial charge in [0.2, 0.25) is 0 Å². The molecule has 1 atom stereocenters. The molecule has 1 saturated heterocycles. The molecule has 0 spiro atoms. The van der Waals surface area contributed by atoms with Crippen molar-refractivity contribution >= 4 is 17.3 Å². The van der Waals surface area contributed by atoms with E-state index in [1.807, 2.05) is 4.90 Å². The predicted molar refractivity (Wildman–Crippen MR) is 81.5 cm³/mol. The van der Waals surface area contributed by atoms with Crippen LogP contribution >= 0.6 is 11.6 Å². The van der Waals surface area contributed by atoms with Crippen molar-refractivity contribution in [3.05, 3.63) is 38.9 Å². The highest BCUT2D eigenvalue weighted by Crippen LogP contribution is 2.24. The lowest BCUT2D eigenvalue weighted by Gasteiger charge is -2.24. The molecule has 0 bridgehead atoms. The van der Waals surface area contributed by atoms with Gasteiger partial charge < -0.3 is 10.4 Å². The Labute approximate surface area is 128 Å². The Kier molecular flexibility index (Phi) is 5.93. The normalized spacial score (nSPS) is 18.3. The van der Waals surface area contributed by atoms with Crippen molar-refractivity contribution < 1.29 is 10.0 Å². The highest BCUT2D eigenvalue weighted by molar-refractivity contribution is 6.30. The van der Waals surface area contributed by atoms with Crippen LogP contribution in [0.5, 0.6) is 0 Å². The van der Waals surface area contributed by atoms with E-state index in [4.69, 9.17) is 11.6 Å². The summed E-state index contributed by atoms with van der Waals surface area (Å²) >= 11 is 5.83. The van der Waals surface area contributed by atoms with Crippen molar-refractivity contribution in [1.82, 2.24) is 10.2 Å². The Balaban J connectivity index is 2.10. The minimum absolute atomic E-state index is 0.0322. The van der Waals surface area contributed by atoms with E-state index >= 15 is 0 Å². The number of hydrogen-bond acceptors (Lipinski definition) is 5. The zero-order valence-corrected chi connectivity index (χ0v) is 12.6. The molecule has 0 aliphatic carbocycles. The maximum atomic E-state index is 11.1. The van der Waals surface area contributed by atoms with E-state index < -0.39 is 4.92 Å². The van der Waals surface area contributed by atoms with Crippen LogP contribution in [0.15, 0.2) is 18.2 Å². The van der Waals surface area contributed by atoms with Crippen LogP contribution in [0.2, 0.25) is 5.02 Å². The van der Waals surface area contributed by atoms with Gasteiger partial charge in [-0.2, -0.15) is 0 Å². The van der Waals surface area contributed by atoms with Gasteiger partial charge in [-0.3, -0.25) is 15.0 Å². The number of nitro benzene ring substituents is 1. The SMILES string of the molecule is O=[N+]([O-])c1cc(Cl)ccc1CN(CCO)CC1CCCN1. The van der Waals surface area contributed by atoms with Gasteiger partial charge in [0.05, 0.1) is 11.5 Å². The highest BCUT2D eigenvalue weighted by atomic mass is 35.5. The summed E-state index contributed by atoms with van der Waals surface area (Å²) in [4.78, 5) is 12.8. The first kappa shape index (κ1) is 16.2. The van der Waals surface area contributed by atoms with Crippen molar-refractivity contribution in [3.8, 4) is 0 Å². The summed E-state index contributed by atoms with van der Waals surface area (Å²) in [5, 5.41) is 24.1. The van der Waals surface area contributed by atoms with E-state index in [0.717, 1.165) is 25.9 Å². The average Bonchev–Trinajstić information content (AvgIpc) is 2.93. The number of benzene rings is 1. The molecule has 1 aromatic rings. The fraction of sp³-hybridized carbons (Fsp3) is 0.571. The third-order valence-electron chi connectivity index (χ3n) is 3.70. The van der Waals surface area contributed by atoms with Crippen molar-refractivity contribution in [2.45, 2.75) is 25.4 Å². The summed E-state index contributed by atoms with van der Waals surface area (Å²) < 4.78 is 0. The first-order chi connectivity index (χ1) is 10.1. The zero-order valence-electron chi connectivity index (χ0n) is 11.8. The first-order valence-electron chi connectivity index (χ1n) is 7.09. The fourth-order valence-electron chi connectivity index (χ4n) is 2.68. The number of aliphatic hydroxyl groups is 1. The van der Waals surface area contributed by atoms with Gasteiger partial charge in [0, 0.05) is 42.3 Å². The van der Waals surface area contributed by atoms with Gasteiger partial charge in [-0.05, 0) is 31.5 Å². The molecular weight excluding hydrogens is 294 g/mol. The largest absolute Gasteiger partial charge is 0.395 e. The van der Waals surface area contributed by atoms with E-state index in [1.165, 1.54) is 6.07 Å². The molecule has 1 aliphatic rings. The molecule has 1 heterocycles. The highest BCUT2D eigenvalue weighted by Gasteiger charge is 2.21. The number of hydrogen-bond donors (Lipinski definition) is 2. The molecule has 0 radical (unpaired) electrons. The minimum Gasteiger partial charge on any atom is -0.395 e. The molecule has 7 heteroatoms. The summed E-state index contributed by atoms with van der Waals surface area (Å²) in [6, 6.07) is 5.12. The van der Waals surface area contributed by atoms with E-state index in [2.05, 4.69) is 5.32 Å². The van der Waals surface area contributed by atoms with Gasteiger partial charge in [0.25, 0.3) is 5.69 Å². The van der Waals surface area contributed by atoms with Crippen molar-refractivity contribution in [1.29, 1.82) is 0 Å². The Morgan fingerprint density at radius 1 is 1.52 bits per heavy atom. The summed E-state index contributed by atoms with van der Waals surface area (Å²) in [5.74, 6) is 0. The van der Waals surface area contributed by atoms with Crippen LogP contribution < -0.4 is 5.32 Å². The Bertz CT molecular complexity index is 492. The lowest BCUT2D eigenvalue weighted by molar-refractivity contribution is -0.385. The number of nitrogens with one attached hydrogen (secondary N) is 1. The quantitative estimate of drug-likeness (QED) is 0.593. The average molecular weight is 314 g/mol. The summed E-state index contributed by atoms with van der Waals surface area (Å²) in [6.07, 6.45) is 2.25. The third-order valence-corrected chi connectivity index (χ3v) is 3.93. The van der Waals surface area contributed by atoms with Gasteiger partial charge in [0.15, 0.2) is 0 Å². The molecular formula is C14H20ClN3O3. The maximum Gasteiger partial charge on any atom is 0.275 e. The summed E-state index contributed by atoms with van der Waals surface area (Å²) in [6.45, 7) is 2.76. The predicted octanol–water partition coefficient (Wildman–Crippen LogP) is 1.79. The van der Waals surface area contributed by atoms with Gasteiger partial charge in [0.1, 0.15) is 0 Å². The lowest BCUT2D eigenvalue weighted by atomic mass is 10.1. The molecule has 21 heavy (non-hydrogen) atoms. The van der Waals surface area contributed by atoms with Gasteiger partial charge in [-0.1, -0.05) is 11.6 Å². The lowest BCUT2D eigenvalue weighted by Crippen LogP contribution is -2.38. The van der Waals surface area contributed by atoms with Crippen LogP contribution in [-0.4, -0.2) is 47.2 Å². The molecule has 1 aliphatic heterocycles. The van der Waals surface area contributed by atoms with Crippen LogP contribution in [0.1, 0.15) is 18.4 Å². The first-order valence-corrected chi connectivity index (χ1v) is 7.47. The molecule has 1 unspecified atom stereocenters. The fourth-order valence-corrected chi connectivity index (χ4v) is 2.85. The number of rotatable bonds is 7. The second-order valence-electron chi connectivity index (χ2n) is 5.28. The molecule has 1 aromatic carbocycles. The van der Waals surface area contributed by atoms with Crippen molar-refractivity contribution in [2.24, 2.45) is 0 Å². The Hall–Kier alpha value is -1.21. The molecule has 0 saturated carbocycles. The summed E-state index contributed by atoms with van der Waals surface area (Å²) in [5.41, 5.74) is 0.653. The van der Waals surface area contributed by atoms with Crippen LogP contribution in [0.25, 0.3) is 0 Å². The number of nitrogens with zero attached hydrogens (tertiary/aromatic N) is 2. The Morgan fingerprint density at radius 3 is 2.95 bits per heavy atom. The summed E-state index contributed by atoms with van der Waals surface area (Å²) in [7, 11) is 0. The molecule has 0 aromatic heterocycles. The van der Waals surface area contributed by atoms with E-state index in [0.29, 0.717) is 29.7 Å². The topological polar surface area (TPSA) is 78.6 Å². The molecule has 6 nitrogen and oxygen atoms in total. The van der Waals surface area contributed by atoms with Crippen LogP contribution in [-0.2, 0) is 6.54 Å². The Morgan fingerprint density at radius 2 is 2.33 bits per heavy atom. The van der Waals surface area contributed by atoms with E-state index in [-0.39, 0.29) is 12.3 Å². The third kappa shape index (κ3) is 4.64. The zero-order chi connectivity index (χ0) is 15.2. The molecule has 0 amide bonds. The second kappa shape index (κ2) is 7.70. The van der Waals surface area contributed by atoms with E-state index in [9.17, 15) is 15.2 Å². The smallest absolute Gasteiger partial charge is 0.275 e. The van der Waals surface area contributed by atoms with Gasteiger partial charge in [-0.25, -0.2) is 0 Å². The van der Waals surface area contributed by atoms with Crippen LogP contribution in [0.3, 0.4) is 0 Å². The second-order valence-corrected chi connectivity index (χ2v) is 5.72. The number of aliphatic hydroxyl groups excluding tert-OH is 1. The molecule has 1 fully saturated rings. The van der Waals surface area contributed by atoms with Crippen molar-refractivity contribution in [3.63, 3.8) is 0 Å². The standard InChI is InChI=1S/C14H20ClN3O3/c15-12-4-3-11(14(8-12)18(20)21)9-17(6-7-19)10-13-2-1-5-16-13/h3-4,8,13,16,19H,1-2,5-7,9-10H2. The minimum atomic E-state index is -0.411. The monoisotopic (exact) mass is 313 g/mol. The van der Waals surface area contributed by atoms with Gasteiger partial charge in [-0.15, -0.1) is 0 Å². The maximum absolute atomic E-state index is 11.1. The number of halogens is 1. The van der Waals surface area contributed by atoms with Crippen LogP contribution in [0.4, 0.5) is 5.69 Å². The van der Waals surface area contributed by atoms with E-state index in [1.54, 1.807) is 12.1 Å². The number of nitro groups is 1. The van der Waals surface area contributed by atoms with Crippen LogP contribution in [0, 0.1) is 10.1 Å². The van der Waals surface area contributed by atoms with Gasteiger partial charge >= 0.3 is 0 Å². The van der Waals surface area contributed by atoms with Crippen molar-refractivity contribution in [2.75, 3.05) is 26.2 Å². The molecule has 116 valence electrons. The molecule has 2 rings (SSSR count).